The number of halogens is 5. The standard InChI is InChI=1S/C13H7ClF4N2O/c14-11-10(2-1-5-19-11)20-12(21)8-6-7(13(16,17)18)3-4-9(8)15/h1-6H,(H,20,21). The molecule has 1 aromatic heterocycles. The number of nitrogens with one attached hydrogen (secondary N) is 1. The molecule has 1 N–H and O–H groups in total. The third-order valence-electron chi connectivity index (χ3n) is 2.55. The van der Waals surface area contributed by atoms with Gasteiger partial charge in [0.25, 0.3) is 5.91 Å². The van der Waals surface area contributed by atoms with Gasteiger partial charge in [0.05, 0.1) is 16.8 Å². The first-order valence-corrected chi connectivity index (χ1v) is 5.95. The highest BCUT2D eigenvalue weighted by Gasteiger charge is 2.32. The Morgan fingerprint density at radius 3 is 2.57 bits per heavy atom. The minimum atomic E-state index is -4.67. The summed E-state index contributed by atoms with van der Waals surface area (Å²) in [6.07, 6.45) is -3.31. The minimum absolute atomic E-state index is 0.0572. The predicted molar refractivity (Wildman–Crippen MR) is 68.6 cm³/mol. The largest absolute Gasteiger partial charge is 0.416 e. The molecule has 0 saturated carbocycles. The van der Waals surface area contributed by atoms with Crippen LogP contribution in [0.1, 0.15) is 15.9 Å². The van der Waals surface area contributed by atoms with Gasteiger partial charge in [-0.15, -0.1) is 0 Å². The Hall–Kier alpha value is -2.15. The Morgan fingerprint density at radius 2 is 1.95 bits per heavy atom. The van der Waals surface area contributed by atoms with Gasteiger partial charge in [-0.1, -0.05) is 11.6 Å². The summed E-state index contributed by atoms with van der Waals surface area (Å²) in [4.78, 5) is 15.5. The van der Waals surface area contributed by atoms with E-state index in [2.05, 4.69) is 10.3 Å². The van der Waals surface area contributed by atoms with Crippen molar-refractivity contribution in [3.8, 4) is 0 Å². The van der Waals surface area contributed by atoms with Gasteiger partial charge in [0.1, 0.15) is 5.82 Å². The quantitative estimate of drug-likeness (QED) is 0.668. The molecule has 0 aliphatic carbocycles. The third kappa shape index (κ3) is 3.49. The molecule has 110 valence electrons. The lowest BCUT2D eigenvalue weighted by Gasteiger charge is -2.10. The van der Waals surface area contributed by atoms with Crippen molar-refractivity contribution in [2.24, 2.45) is 0 Å². The summed E-state index contributed by atoms with van der Waals surface area (Å²) in [6, 6.07) is 4.43. The molecule has 2 aromatic rings. The Bertz CT molecular complexity index is 688. The second kappa shape index (κ2) is 5.69. The molecule has 0 fully saturated rings. The smallest absolute Gasteiger partial charge is 0.319 e. The lowest BCUT2D eigenvalue weighted by atomic mass is 10.1. The fourth-order valence-corrected chi connectivity index (χ4v) is 1.71. The third-order valence-corrected chi connectivity index (χ3v) is 2.85. The van der Waals surface area contributed by atoms with Crippen molar-refractivity contribution in [3.63, 3.8) is 0 Å². The Labute approximate surface area is 121 Å². The number of hydrogen-bond acceptors (Lipinski definition) is 2. The number of benzene rings is 1. The number of aromatic nitrogens is 1. The van der Waals surface area contributed by atoms with E-state index in [0.717, 1.165) is 0 Å². The van der Waals surface area contributed by atoms with E-state index < -0.39 is 29.0 Å². The van der Waals surface area contributed by atoms with Crippen molar-refractivity contribution in [1.29, 1.82) is 0 Å². The van der Waals surface area contributed by atoms with Crippen LogP contribution >= 0.6 is 11.6 Å². The lowest BCUT2D eigenvalue weighted by molar-refractivity contribution is -0.137. The monoisotopic (exact) mass is 318 g/mol. The highest BCUT2D eigenvalue weighted by atomic mass is 35.5. The molecular formula is C13H7ClF4N2O. The van der Waals surface area contributed by atoms with Gasteiger partial charge < -0.3 is 5.32 Å². The molecule has 0 radical (unpaired) electrons. The number of nitrogens with zero attached hydrogens (tertiary/aromatic N) is 1. The second-order valence-electron chi connectivity index (χ2n) is 3.99. The SMILES string of the molecule is O=C(Nc1cccnc1Cl)c1cc(C(F)(F)F)ccc1F. The zero-order valence-electron chi connectivity index (χ0n) is 10.2. The maximum Gasteiger partial charge on any atom is 0.416 e. The van der Waals surface area contributed by atoms with Crippen LogP contribution in [-0.4, -0.2) is 10.9 Å². The van der Waals surface area contributed by atoms with Gasteiger partial charge in [0.15, 0.2) is 5.15 Å². The highest BCUT2D eigenvalue weighted by molar-refractivity contribution is 6.32. The number of carbonyl (C=O) groups is 1. The van der Waals surface area contributed by atoms with Crippen molar-refractivity contribution in [2.75, 3.05) is 5.32 Å². The van der Waals surface area contributed by atoms with Crippen LogP contribution in [0.3, 0.4) is 0 Å². The molecule has 21 heavy (non-hydrogen) atoms. The molecule has 0 saturated heterocycles. The molecule has 0 atom stereocenters. The maximum absolute atomic E-state index is 13.5. The average Bonchev–Trinajstić information content (AvgIpc) is 2.40. The molecular weight excluding hydrogens is 312 g/mol. The van der Waals surface area contributed by atoms with Gasteiger partial charge in [-0.05, 0) is 30.3 Å². The fourth-order valence-electron chi connectivity index (χ4n) is 1.54. The van der Waals surface area contributed by atoms with Gasteiger partial charge >= 0.3 is 6.18 Å². The van der Waals surface area contributed by atoms with Gasteiger partial charge in [-0.2, -0.15) is 13.2 Å². The normalized spacial score (nSPS) is 11.3. The van der Waals surface area contributed by atoms with E-state index >= 15 is 0 Å². The van der Waals surface area contributed by atoms with E-state index in [4.69, 9.17) is 11.6 Å². The summed E-state index contributed by atoms with van der Waals surface area (Å²) in [7, 11) is 0. The number of hydrogen-bond donors (Lipinski definition) is 1. The van der Waals surface area contributed by atoms with E-state index in [1.807, 2.05) is 0 Å². The molecule has 0 spiro atoms. The molecule has 3 nitrogen and oxygen atoms in total. The molecule has 0 bridgehead atoms. The number of pyridine rings is 1. The van der Waals surface area contributed by atoms with Crippen LogP contribution in [0.4, 0.5) is 23.2 Å². The molecule has 0 aliphatic rings. The van der Waals surface area contributed by atoms with Crippen molar-refractivity contribution in [3.05, 3.63) is 58.6 Å². The van der Waals surface area contributed by atoms with Crippen LogP contribution in [0.25, 0.3) is 0 Å². The van der Waals surface area contributed by atoms with Crippen LogP contribution in [-0.2, 0) is 6.18 Å². The number of anilines is 1. The van der Waals surface area contributed by atoms with Crippen molar-refractivity contribution in [2.45, 2.75) is 6.18 Å². The summed E-state index contributed by atoms with van der Waals surface area (Å²) in [5.41, 5.74) is -1.78. The summed E-state index contributed by atoms with van der Waals surface area (Å²) in [6.45, 7) is 0. The molecule has 1 amide bonds. The summed E-state index contributed by atoms with van der Waals surface area (Å²) < 4.78 is 51.2. The lowest BCUT2D eigenvalue weighted by Crippen LogP contribution is -2.16. The first kappa shape index (κ1) is 15.2. The van der Waals surface area contributed by atoms with E-state index in [1.165, 1.54) is 18.3 Å². The van der Waals surface area contributed by atoms with Crippen molar-refractivity contribution in [1.82, 2.24) is 4.98 Å². The van der Waals surface area contributed by atoms with Crippen molar-refractivity contribution < 1.29 is 22.4 Å². The maximum atomic E-state index is 13.5. The summed E-state index contributed by atoms with van der Waals surface area (Å²) >= 11 is 5.70. The number of alkyl halides is 3. The second-order valence-corrected chi connectivity index (χ2v) is 4.35. The van der Waals surface area contributed by atoms with Crippen LogP contribution in [0.2, 0.25) is 5.15 Å². The number of amides is 1. The van der Waals surface area contributed by atoms with E-state index in [9.17, 15) is 22.4 Å². The van der Waals surface area contributed by atoms with Gasteiger partial charge in [0.2, 0.25) is 0 Å². The highest BCUT2D eigenvalue weighted by Crippen LogP contribution is 2.30. The average molecular weight is 319 g/mol. The van der Waals surface area contributed by atoms with Gasteiger partial charge in [-0.3, -0.25) is 4.79 Å². The molecule has 0 unspecified atom stereocenters. The topological polar surface area (TPSA) is 42.0 Å². The molecule has 8 heteroatoms. The fraction of sp³-hybridized carbons (Fsp3) is 0.0769. The minimum Gasteiger partial charge on any atom is -0.319 e. The summed E-state index contributed by atoms with van der Waals surface area (Å²) in [5, 5.41) is 2.15. The van der Waals surface area contributed by atoms with Gasteiger partial charge in [0, 0.05) is 6.20 Å². The van der Waals surface area contributed by atoms with Crippen LogP contribution < -0.4 is 5.32 Å². The molecule has 1 heterocycles. The zero-order valence-corrected chi connectivity index (χ0v) is 11.0. The Morgan fingerprint density at radius 1 is 1.24 bits per heavy atom. The first-order valence-electron chi connectivity index (χ1n) is 5.57. The van der Waals surface area contributed by atoms with Crippen LogP contribution in [0.5, 0.6) is 0 Å². The number of carbonyl (C=O) groups excluding carboxylic acids is 1. The van der Waals surface area contributed by atoms with Crippen LogP contribution in [0, 0.1) is 5.82 Å². The van der Waals surface area contributed by atoms with Gasteiger partial charge in [-0.25, -0.2) is 9.37 Å². The molecule has 1 aromatic carbocycles. The van der Waals surface area contributed by atoms with E-state index in [0.29, 0.717) is 18.2 Å². The Balaban J connectivity index is 2.33. The summed E-state index contributed by atoms with van der Waals surface area (Å²) in [5.74, 6) is -2.12. The van der Waals surface area contributed by atoms with E-state index in [1.54, 1.807) is 0 Å². The van der Waals surface area contributed by atoms with E-state index in [-0.39, 0.29) is 10.8 Å². The Kier molecular flexibility index (Phi) is 4.13. The molecule has 0 aliphatic heterocycles. The zero-order chi connectivity index (χ0) is 15.6. The van der Waals surface area contributed by atoms with Crippen molar-refractivity contribution >= 4 is 23.2 Å². The molecule has 2 rings (SSSR count). The van der Waals surface area contributed by atoms with Crippen LogP contribution in [0.15, 0.2) is 36.5 Å². The first-order chi connectivity index (χ1) is 9.79. The number of rotatable bonds is 2. The predicted octanol–water partition coefficient (Wildman–Crippen LogP) is 4.15.